The Morgan fingerprint density at radius 3 is 2.75 bits per heavy atom. The minimum absolute atomic E-state index is 0.0408. The molecule has 1 aliphatic carbocycles. The number of hydrogen-bond acceptors (Lipinski definition) is 3. The van der Waals surface area contributed by atoms with Crippen molar-refractivity contribution in [2.45, 2.75) is 37.0 Å². The van der Waals surface area contributed by atoms with Crippen molar-refractivity contribution in [2.24, 2.45) is 0 Å². The summed E-state index contributed by atoms with van der Waals surface area (Å²) < 4.78 is 5.57. The smallest absolute Gasteiger partial charge is 0.257 e. The van der Waals surface area contributed by atoms with Crippen LogP contribution < -0.4 is 0 Å². The number of aliphatic hydroxyl groups excluding tert-OH is 1. The van der Waals surface area contributed by atoms with Crippen molar-refractivity contribution >= 4 is 5.91 Å². The van der Waals surface area contributed by atoms with Crippen LogP contribution in [0.2, 0.25) is 0 Å². The highest BCUT2D eigenvalue weighted by molar-refractivity contribution is 5.95. The van der Waals surface area contributed by atoms with Gasteiger partial charge in [-0.2, -0.15) is 0 Å². The highest BCUT2D eigenvalue weighted by Gasteiger charge is 2.40. The van der Waals surface area contributed by atoms with Gasteiger partial charge in [-0.25, -0.2) is 0 Å². The van der Waals surface area contributed by atoms with Crippen LogP contribution in [0.15, 0.2) is 47.1 Å². The van der Waals surface area contributed by atoms with Crippen molar-refractivity contribution in [3.05, 3.63) is 59.5 Å². The van der Waals surface area contributed by atoms with Crippen LogP contribution in [0.4, 0.5) is 0 Å². The molecule has 0 radical (unpaired) electrons. The third kappa shape index (κ3) is 2.65. The molecule has 2 aromatic rings. The Labute approximate surface area is 142 Å². The zero-order valence-electron chi connectivity index (χ0n) is 13.8. The molecule has 0 bridgehead atoms. The monoisotopic (exact) mass is 325 g/mol. The van der Waals surface area contributed by atoms with E-state index >= 15 is 0 Å². The van der Waals surface area contributed by atoms with Gasteiger partial charge in [0.05, 0.1) is 18.4 Å². The maximum absolute atomic E-state index is 13.0. The normalized spacial score (nSPS) is 24.1. The minimum atomic E-state index is -0.362. The quantitative estimate of drug-likeness (QED) is 0.938. The van der Waals surface area contributed by atoms with Gasteiger partial charge in [0.25, 0.3) is 5.91 Å². The molecule has 1 amide bonds. The Bertz CT molecular complexity index is 719. The fourth-order valence-corrected chi connectivity index (χ4v) is 3.88. The number of carbonyl (C=O) groups is 1. The van der Waals surface area contributed by atoms with Crippen molar-refractivity contribution in [3.63, 3.8) is 0 Å². The summed E-state index contributed by atoms with van der Waals surface area (Å²) in [4.78, 5) is 14.9. The predicted molar refractivity (Wildman–Crippen MR) is 91.0 cm³/mol. The summed E-state index contributed by atoms with van der Waals surface area (Å²) in [5, 5.41) is 10.1. The second-order valence-electron chi connectivity index (χ2n) is 7.11. The first-order valence-electron chi connectivity index (χ1n) is 8.76. The van der Waals surface area contributed by atoms with E-state index in [2.05, 4.69) is 12.1 Å². The van der Waals surface area contributed by atoms with E-state index in [9.17, 15) is 9.90 Å². The first-order valence-corrected chi connectivity index (χ1v) is 8.76. The second kappa shape index (κ2) is 6.10. The second-order valence-corrected chi connectivity index (χ2v) is 7.11. The highest BCUT2D eigenvalue weighted by Crippen LogP contribution is 2.43. The topological polar surface area (TPSA) is 53.7 Å². The molecule has 4 heteroatoms. The zero-order valence-corrected chi connectivity index (χ0v) is 13.8. The maximum atomic E-state index is 13.0. The Morgan fingerprint density at radius 2 is 2.04 bits per heavy atom. The summed E-state index contributed by atoms with van der Waals surface area (Å²) in [6.07, 6.45) is 5.65. The van der Waals surface area contributed by atoms with Crippen LogP contribution in [0.5, 0.6) is 0 Å². The number of carbonyl (C=O) groups excluding carboxylic acids is 1. The van der Waals surface area contributed by atoms with Crippen LogP contribution in [-0.4, -0.2) is 35.6 Å². The van der Waals surface area contributed by atoms with Crippen molar-refractivity contribution < 1.29 is 14.3 Å². The predicted octanol–water partition coefficient (Wildman–Crippen LogP) is 3.32. The van der Waals surface area contributed by atoms with E-state index in [1.54, 1.807) is 12.3 Å². The molecule has 4 nitrogen and oxygen atoms in total. The number of likely N-dealkylation sites (tertiary alicyclic amines) is 1. The fourth-order valence-electron chi connectivity index (χ4n) is 3.88. The number of piperidine rings is 1. The Morgan fingerprint density at radius 1 is 1.25 bits per heavy atom. The first-order chi connectivity index (χ1) is 11.7. The standard InChI is InChI=1S/C20H23NO3/c22-14-20(16-5-2-1-3-6-16)10-4-11-21(13-20)19(23)17-9-12-24-18(17)15-7-8-15/h1-3,5-6,9,12,15,22H,4,7-8,10-11,13-14H2. The summed E-state index contributed by atoms with van der Waals surface area (Å²) >= 11 is 0. The lowest BCUT2D eigenvalue weighted by molar-refractivity contribution is 0.0541. The largest absolute Gasteiger partial charge is 0.468 e. The molecule has 1 N–H and O–H groups in total. The Balaban J connectivity index is 1.60. The molecular formula is C20H23NO3. The van der Waals surface area contributed by atoms with E-state index in [0.717, 1.165) is 43.6 Å². The van der Waals surface area contributed by atoms with E-state index in [1.165, 1.54) is 0 Å². The number of hydrogen-bond donors (Lipinski definition) is 1. The van der Waals surface area contributed by atoms with Gasteiger partial charge in [0.15, 0.2) is 0 Å². The zero-order chi connectivity index (χ0) is 16.6. The van der Waals surface area contributed by atoms with Gasteiger partial charge in [0.2, 0.25) is 0 Å². The average molecular weight is 325 g/mol. The van der Waals surface area contributed by atoms with Gasteiger partial charge < -0.3 is 14.4 Å². The van der Waals surface area contributed by atoms with Crippen LogP contribution in [0.25, 0.3) is 0 Å². The van der Waals surface area contributed by atoms with E-state index in [0.29, 0.717) is 18.0 Å². The van der Waals surface area contributed by atoms with Crippen LogP contribution in [0, 0.1) is 0 Å². The molecule has 1 aromatic heterocycles. The molecule has 24 heavy (non-hydrogen) atoms. The summed E-state index contributed by atoms with van der Waals surface area (Å²) in [6.45, 7) is 1.35. The molecule has 2 fully saturated rings. The molecule has 1 atom stereocenters. The number of rotatable bonds is 4. The van der Waals surface area contributed by atoms with Gasteiger partial charge in [0, 0.05) is 24.4 Å². The molecule has 2 aliphatic rings. The fraction of sp³-hybridized carbons (Fsp3) is 0.450. The molecule has 1 aliphatic heterocycles. The van der Waals surface area contributed by atoms with Gasteiger partial charge in [-0.15, -0.1) is 0 Å². The lowest BCUT2D eigenvalue weighted by Crippen LogP contribution is -2.50. The van der Waals surface area contributed by atoms with E-state index in [4.69, 9.17) is 4.42 Å². The number of furan rings is 1. The van der Waals surface area contributed by atoms with E-state index in [1.807, 2.05) is 23.1 Å². The van der Waals surface area contributed by atoms with Crippen molar-refractivity contribution in [3.8, 4) is 0 Å². The van der Waals surface area contributed by atoms with Crippen LogP contribution >= 0.6 is 0 Å². The average Bonchev–Trinajstić information content (AvgIpc) is 3.38. The van der Waals surface area contributed by atoms with Gasteiger partial charge in [-0.1, -0.05) is 30.3 Å². The molecule has 1 saturated heterocycles. The molecule has 1 saturated carbocycles. The number of aliphatic hydroxyl groups is 1. The number of amides is 1. The summed E-state index contributed by atoms with van der Waals surface area (Å²) in [5.41, 5.74) is 1.46. The molecule has 2 heterocycles. The number of nitrogens with zero attached hydrogens (tertiary/aromatic N) is 1. The molecule has 1 unspecified atom stereocenters. The third-order valence-corrected chi connectivity index (χ3v) is 5.43. The Hall–Kier alpha value is -2.07. The van der Waals surface area contributed by atoms with Gasteiger partial charge in [0.1, 0.15) is 5.76 Å². The summed E-state index contributed by atoms with van der Waals surface area (Å²) in [6, 6.07) is 11.9. The molecular weight excluding hydrogens is 302 g/mol. The first kappa shape index (κ1) is 15.5. The maximum Gasteiger partial charge on any atom is 0.257 e. The number of benzene rings is 1. The van der Waals surface area contributed by atoms with Gasteiger partial charge in [-0.05, 0) is 37.3 Å². The molecule has 1 aromatic carbocycles. The van der Waals surface area contributed by atoms with Crippen LogP contribution in [0.3, 0.4) is 0 Å². The SMILES string of the molecule is O=C(c1ccoc1C1CC1)N1CCCC(CO)(c2ccccc2)C1. The Kier molecular flexibility index (Phi) is 3.93. The van der Waals surface area contributed by atoms with Crippen molar-refractivity contribution in [2.75, 3.05) is 19.7 Å². The third-order valence-electron chi connectivity index (χ3n) is 5.43. The summed E-state index contributed by atoms with van der Waals surface area (Å²) in [5.74, 6) is 1.31. The van der Waals surface area contributed by atoms with Gasteiger partial charge in [-0.3, -0.25) is 4.79 Å². The van der Waals surface area contributed by atoms with E-state index in [-0.39, 0.29) is 17.9 Å². The molecule has 0 spiro atoms. The molecule has 126 valence electrons. The summed E-state index contributed by atoms with van der Waals surface area (Å²) in [7, 11) is 0. The lowest BCUT2D eigenvalue weighted by Gasteiger charge is -2.42. The van der Waals surface area contributed by atoms with E-state index < -0.39 is 0 Å². The van der Waals surface area contributed by atoms with Gasteiger partial charge >= 0.3 is 0 Å². The van der Waals surface area contributed by atoms with Crippen LogP contribution in [0.1, 0.15) is 53.3 Å². The molecule has 4 rings (SSSR count). The highest BCUT2D eigenvalue weighted by atomic mass is 16.3. The van der Waals surface area contributed by atoms with Crippen molar-refractivity contribution in [1.29, 1.82) is 0 Å². The van der Waals surface area contributed by atoms with Crippen molar-refractivity contribution in [1.82, 2.24) is 4.90 Å². The lowest BCUT2D eigenvalue weighted by atomic mass is 9.74. The van der Waals surface area contributed by atoms with Crippen LogP contribution in [-0.2, 0) is 5.41 Å². The minimum Gasteiger partial charge on any atom is -0.468 e.